The Morgan fingerprint density at radius 1 is 1.16 bits per heavy atom. The van der Waals surface area contributed by atoms with Crippen molar-refractivity contribution in [2.24, 2.45) is 0 Å². The molecule has 0 aliphatic carbocycles. The van der Waals surface area contributed by atoms with Crippen LogP contribution in [0.4, 0.5) is 0 Å². The Balaban J connectivity index is 1.32. The highest BCUT2D eigenvalue weighted by molar-refractivity contribution is 7.12. The van der Waals surface area contributed by atoms with Gasteiger partial charge < -0.3 is 24.2 Å². The number of carbonyl (C=O) groups excluding carboxylic acids is 1. The number of likely N-dealkylation sites (N-methyl/N-ethyl adjacent to an activating group) is 1. The van der Waals surface area contributed by atoms with Crippen molar-refractivity contribution in [1.82, 2.24) is 0 Å². The van der Waals surface area contributed by atoms with Crippen LogP contribution < -0.4 is 4.74 Å². The number of phenols is 1. The van der Waals surface area contributed by atoms with Crippen LogP contribution in [0.2, 0.25) is 0 Å². The Labute approximate surface area is 195 Å². The standard InChI is InChI=1S/C24H27NO5S2/c1-25(11-5-13-29-19-7-2-6-18(26)16-19)12-10-20(17-25)30-23(27)24(28,21-8-3-14-31-21)22-9-4-15-32-22/h2-4,6-9,14-16,20,28H,5,10-13,17H2,1H3/p+1. The first kappa shape index (κ1) is 22.8. The van der Waals surface area contributed by atoms with Crippen LogP contribution in [0.3, 0.4) is 0 Å². The van der Waals surface area contributed by atoms with E-state index in [1.54, 1.807) is 30.3 Å². The van der Waals surface area contributed by atoms with Gasteiger partial charge in [-0.1, -0.05) is 18.2 Å². The molecule has 0 spiro atoms. The van der Waals surface area contributed by atoms with Gasteiger partial charge in [-0.05, 0) is 35.0 Å². The average molecular weight is 475 g/mol. The van der Waals surface area contributed by atoms with Gasteiger partial charge >= 0.3 is 5.97 Å². The number of hydrogen-bond donors (Lipinski definition) is 2. The van der Waals surface area contributed by atoms with Crippen LogP contribution in [0.15, 0.2) is 59.3 Å². The summed E-state index contributed by atoms with van der Waals surface area (Å²) >= 11 is 2.70. The van der Waals surface area contributed by atoms with Crippen molar-refractivity contribution in [3.8, 4) is 11.5 Å². The number of likely N-dealkylation sites (tertiary alicyclic amines) is 1. The molecule has 0 bridgehead atoms. The van der Waals surface area contributed by atoms with Crippen molar-refractivity contribution in [3.05, 3.63) is 69.0 Å². The van der Waals surface area contributed by atoms with Gasteiger partial charge in [0.05, 0.1) is 36.5 Å². The predicted molar refractivity (Wildman–Crippen MR) is 125 cm³/mol. The molecule has 32 heavy (non-hydrogen) atoms. The third kappa shape index (κ3) is 4.99. The van der Waals surface area contributed by atoms with E-state index in [-0.39, 0.29) is 11.9 Å². The number of rotatable bonds is 9. The Hall–Kier alpha value is -2.39. The van der Waals surface area contributed by atoms with Crippen LogP contribution in [0.25, 0.3) is 0 Å². The molecule has 2 unspecified atom stereocenters. The highest BCUT2D eigenvalue weighted by Gasteiger charge is 2.46. The van der Waals surface area contributed by atoms with E-state index < -0.39 is 11.6 Å². The van der Waals surface area contributed by atoms with Gasteiger partial charge in [0.2, 0.25) is 5.60 Å². The lowest BCUT2D eigenvalue weighted by Gasteiger charge is -2.30. The van der Waals surface area contributed by atoms with Gasteiger partial charge in [-0.2, -0.15) is 0 Å². The zero-order valence-corrected chi connectivity index (χ0v) is 19.6. The Bertz CT molecular complexity index is 987. The van der Waals surface area contributed by atoms with E-state index in [1.807, 2.05) is 29.0 Å². The van der Waals surface area contributed by atoms with Gasteiger partial charge in [-0.15, -0.1) is 22.7 Å². The van der Waals surface area contributed by atoms with Gasteiger partial charge in [-0.25, -0.2) is 4.79 Å². The largest absolute Gasteiger partial charge is 0.508 e. The minimum atomic E-state index is -1.76. The summed E-state index contributed by atoms with van der Waals surface area (Å²) in [4.78, 5) is 14.3. The van der Waals surface area contributed by atoms with Gasteiger partial charge in [0.1, 0.15) is 18.0 Å². The highest BCUT2D eigenvalue weighted by atomic mass is 32.1. The molecule has 0 saturated carbocycles. The van der Waals surface area contributed by atoms with Crippen molar-refractivity contribution < 1.29 is 29.0 Å². The van der Waals surface area contributed by atoms with Crippen molar-refractivity contribution in [3.63, 3.8) is 0 Å². The molecule has 0 radical (unpaired) electrons. The number of esters is 1. The molecule has 170 valence electrons. The van der Waals surface area contributed by atoms with Gasteiger partial charge in [0.25, 0.3) is 0 Å². The van der Waals surface area contributed by atoms with E-state index in [4.69, 9.17) is 9.47 Å². The maximum Gasteiger partial charge on any atom is 0.349 e. The van der Waals surface area contributed by atoms with Crippen LogP contribution in [-0.4, -0.2) is 60.1 Å². The zero-order valence-electron chi connectivity index (χ0n) is 18.0. The van der Waals surface area contributed by atoms with Crippen LogP contribution in [0, 0.1) is 0 Å². The van der Waals surface area contributed by atoms with Gasteiger partial charge in [0, 0.05) is 18.9 Å². The maximum absolute atomic E-state index is 13.2. The molecular formula is C24H28NO5S2+. The second-order valence-corrected chi connectivity index (χ2v) is 10.3. The molecule has 1 aliphatic heterocycles. The second-order valence-electron chi connectivity index (χ2n) is 8.43. The number of benzene rings is 1. The zero-order chi connectivity index (χ0) is 22.6. The number of aliphatic hydroxyl groups is 1. The Kier molecular flexibility index (Phi) is 6.85. The molecule has 3 heterocycles. The normalized spacial score (nSPS) is 20.9. The predicted octanol–water partition coefficient (Wildman–Crippen LogP) is 3.98. The number of nitrogens with zero attached hydrogens (tertiary/aromatic N) is 1. The highest BCUT2D eigenvalue weighted by Crippen LogP contribution is 2.37. The van der Waals surface area contributed by atoms with E-state index in [1.165, 1.54) is 22.7 Å². The average Bonchev–Trinajstić information content (AvgIpc) is 3.54. The number of phenolic OH excluding ortho intramolecular Hbond substituents is 1. The van der Waals surface area contributed by atoms with Crippen molar-refractivity contribution in [1.29, 1.82) is 0 Å². The van der Waals surface area contributed by atoms with E-state index in [0.717, 1.165) is 30.4 Å². The first-order chi connectivity index (χ1) is 15.4. The summed E-state index contributed by atoms with van der Waals surface area (Å²) in [6, 6.07) is 14.0. The first-order valence-electron chi connectivity index (χ1n) is 10.7. The number of aromatic hydroxyl groups is 1. The number of quaternary nitrogens is 1. The van der Waals surface area contributed by atoms with Gasteiger partial charge in [-0.3, -0.25) is 0 Å². The van der Waals surface area contributed by atoms with Crippen LogP contribution in [0.5, 0.6) is 11.5 Å². The summed E-state index contributed by atoms with van der Waals surface area (Å²) in [6.07, 6.45) is 1.38. The summed E-state index contributed by atoms with van der Waals surface area (Å²) in [5, 5.41) is 24.6. The second kappa shape index (κ2) is 9.62. The molecule has 1 saturated heterocycles. The minimum absolute atomic E-state index is 0.191. The number of thiophene rings is 2. The maximum atomic E-state index is 13.2. The minimum Gasteiger partial charge on any atom is -0.508 e. The molecule has 2 N–H and O–H groups in total. The van der Waals surface area contributed by atoms with E-state index >= 15 is 0 Å². The molecule has 4 rings (SSSR count). The summed E-state index contributed by atoms with van der Waals surface area (Å²) in [6.45, 7) is 3.06. The summed E-state index contributed by atoms with van der Waals surface area (Å²) < 4.78 is 12.4. The topological polar surface area (TPSA) is 76.0 Å². The first-order valence-corrected chi connectivity index (χ1v) is 12.4. The lowest BCUT2D eigenvalue weighted by molar-refractivity contribution is -0.899. The van der Waals surface area contributed by atoms with Gasteiger partial charge in [0.15, 0.2) is 6.10 Å². The van der Waals surface area contributed by atoms with E-state index in [9.17, 15) is 15.0 Å². The Morgan fingerprint density at radius 3 is 2.50 bits per heavy atom. The summed E-state index contributed by atoms with van der Waals surface area (Å²) in [7, 11) is 2.16. The molecule has 6 nitrogen and oxygen atoms in total. The molecule has 0 amide bonds. The molecular weight excluding hydrogens is 446 g/mol. The number of hydrogen-bond acceptors (Lipinski definition) is 7. The van der Waals surface area contributed by atoms with Crippen LogP contribution >= 0.6 is 22.7 Å². The molecule has 1 fully saturated rings. The lowest BCUT2D eigenvalue weighted by Crippen LogP contribution is -2.45. The number of ether oxygens (including phenoxy) is 2. The molecule has 2 atom stereocenters. The lowest BCUT2D eigenvalue weighted by atomic mass is 10.00. The number of carbonyl (C=O) groups is 1. The van der Waals surface area contributed by atoms with Crippen molar-refractivity contribution in [2.75, 3.05) is 33.3 Å². The molecule has 1 aromatic carbocycles. The Morgan fingerprint density at radius 2 is 1.88 bits per heavy atom. The van der Waals surface area contributed by atoms with E-state index in [0.29, 0.717) is 28.7 Å². The molecule has 3 aromatic rings. The third-order valence-electron chi connectivity index (χ3n) is 5.89. The van der Waals surface area contributed by atoms with E-state index in [2.05, 4.69) is 7.05 Å². The molecule has 1 aliphatic rings. The quantitative estimate of drug-likeness (QED) is 0.279. The van der Waals surface area contributed by atoms with Crippen molar-refractivity contribution >= 4 is 28.6 Å². The SMILES string of the molecule is C[N+]1(CCCOc2cccc(O)c2)CCC(OC(=O)C(O)(c2cccs2)c2cccs2)C1. The fourth-order valence-corrected chi connectivity index (χ4v) is 5.88. The third-order valence-corrected chi connectivity index (χ3v) is 7.85. The fraction of sp³-hybridized carbons (Fsp3) is 0.375. The van der Waals surface area contributed by atoms with Crippen LogP contribution in [0.1, 0.15) is 22.6 Å². The molecule has 8 heteroatoms. The summed E-state index contributed by atoms with van der Waals surface area (Å²) in [5.74, 6) is 0.242. The summed E-state index contributed by atoms with van der Waals surface area (Å²) in [5.41, 5.74) is -1.76. The molecule has 2 aromatic heterocycles. The fourth-order valence-electron chi connectivity index (χ4n) is 4.17. The monoisotopic (exact) mass is 474 g/mol. The van der Waals surface area contributed by atoms with Crippen molar-refractivity contribution in [2.45, 2.75) is 24.5 Å². The van der Waals surface area contributed by atoms with Crippen LogP contribution in [-0.2, 0) is 15.1 Å². The smallest absolute Gasteiger partial charge is 0.349 e.